The molecule has 7 heteroatoms. The van der Waals surface area contributed by atoms with Gasteiger partial charge in [0.2, 0.25) is 11.8 Å². The Hall–Kier alpha value is -2.12. The summed E-state index contributed by atoms with van der Waals surface area (Å²) in [6.07, 6.45) is 2.36. The standard InChI is InChI=1S/C17H24N2O5/c1-22-11-17(21)18-14-6-5-13(23-2)9-15(14)19-16(20)8-12-4-3-7-24-10-12/h5-6,9,12H,3-4,7-8,10-11H2,1-2H3,(H,18,21)(H,19,20). The van der Waals surface area contributed by atoms with Gasteiger partial charge in [-0.15, -0.1) is 0 Å². The Morgan fingerprint density at radius 3 is 2.67 bits per heavy atom. The highest BCUT2D eigenvalue weighted by molar-refractivity contribution is 6.00. The fourth-order valence-corrected chi connectivity index (χ4v) is 2.61. The van der Waals surface area contributed by atoms with Gasteiger partial charge in [0.15, 0.2) is 0 Å². The van der Waals surface area contributed by atoms with Crippen LogP contribution in [0.3, 0.4) is 0 Å². The van der Waals surface area contributed by atoms with Crippen LogP contribution in [0.1, 0.15) is 19.3 Å². The molecule has 2 amide bonds. The number of hydrogen-bond donors (Lipinski definition) is 2. The molecule has 0 aliphatic carbocycles. The van der Waals surface area contributed by atoms with Crippen LogP contribution in [0.4, 0.5) is 11.4 Å². The molecule has 1 aromatic carbocycles. The minimum absolute atomic E-state index is 0.0567. The molecular weight excluding hydrogens is 312 g/mol. The second kappa shape index (κ2) is 9.24. The topological polar surface area (TPSA) is 85.9 Å². The molecule has 1 aromatic rings. The number of hydrogen-bond acceptors (Lipinski definition) is 5. The SMILES string of the molecule is COCC(=O)Nc1ccc(OC)cc1NC(=O)CC1CCCOC1. The zero-order valence-electron chi connectivity index (χ0n) is 14.1. The summed E-state index contributed by atoms with van der Waals surface area (Å²) in [4.78, 5) is 24.0. The number of carbonyl (C=O) groups is 2. The van der Waals surface area contributed by atoms with Gasteiger partial charge in [-0.3, -0.25) is 9.59 Å². The molecule has 0 radical (unpaired) electrons. The van der Waals surface area contributed by atoms with Crippen molar-refractivity contribution in [3.8, 4) is 5.75 Å². The van der Waals surface area contributed by atoms with Crippen LogP contribution >= 0.6 is 0 Å². The maximum absolute atomic E-state index is 12.3. The van der Waals surface area contributed by atoms with Crippen LogP contribution in [-0.4, -0.2) is 45.9 Å². The van der Waals surface area contributed by atoms with E-state index in [-0.39, 0.29) is 24.3 Å². The van der Waals surface area contributed by atoms with Crippen molar-refractivity contribution in [3.05, 3.63) is 18.2 Å². The minimum atomic E-state index is -0.293. The smallest absolute Gasteiger partial charge is 0.250 e. The molecule has 1 saturated heterocycles. The van der Waals surface area contributed by atoms with E-state index in [1.165, 1.54) is 7.11 Å². The Labute approximate surface area is 141 Å². The zero-order chi connectivity index (χ0) is 17.4. The lowest BCUT2D eigenvalue weighted by Crippen LogP contribution is -2.24. The van der Waals surface area contributed by atoms with Gasteiger partial charge in [0, 0.05) is 32.8 Å². The summed E-state index contributed by atoms with van der Waals surface area (Å²) in [5, 5.41) is 5.56. The number of rotatable bonds is 7. The van der Waals surface area contributed by atoms with Crippen LogP contribution < -0.4 is 15.4 Å². The molecule has 24 heavy (non-hydrogen) atoms. The van der Waals surface area contributed by atoms with Gasteiger partial charge >= 0.3 is 0 Å². The van der Waals surface area contributed by atoms with Crippen LogP contribution in [0.15, 0.2) is 18.2 Å². The van der Waals surface area contributed by atoms with Crippen molar-refractivity contribution in [3.63, 3.8) is 0 Å². The lowest BCUT2D eigenvalue weighted by molar-refractivity contribution is -0.120. The molecule has 2 rings (SSSR count). The van der Waals surface area contributed by atoms with E-state index in [1.807, 2.05) is 0 Å². The van der Waals surface area contributed by atoms with Gasteiger partial charge in [-0.05, 0) is 30.9 Å². The largest absolute Gasteiger partial charge is 0.497 e. The summed E-state index contributed by atoms with van der Waals surface area (Å²) < 4.78 is 15.4. The molecule has 0 saturated carbocycles. The van der Waals surface area contributed by atoms with Crippen LogP contribution in [0.5, 0.6) is 5.75 Å². The number of ether oxygens (including phenoxy) is 3. The second-order valence-electron chi connectivity index (χ2n) is 5.73. The number of methoxy groups -OCH3 is 2. The number of nitrogens with one attached hydrogen (secondary N) is 2. The minimum Gasteiger partial charge on any atom is -0.497 e. The monoisotopic (exact) mass is 336 g/mol. The third-order valence-corrected chi connectivity index (χ3v) is 3.78. The number of benzene rings is 1. The predicted molar refractivity (Wildman–Crippen MR) is 90.3 cm³/mol. The summed E-state index contributed by atoms with van der Waals surface area (Å²) in [5.74, 6) is 0.423. The fraction of sp³-hybridized carbons (Fsp3) is 0.529. The molecule has 0 spiro atoms. The average Bonchev–Trinajstić information content (AvgIpc) is 2.57. The first-order valence-corrected chi connectivity index (χ1v) is 7.96. The van der Waals surface area contributed by atoms with E-state index >= 15 is 0 Å². The lowest BCUT2D eigenvalue weighted by Gasteiger charge is -2.21. The molecule has 1 fully saturated rings. The van der Waals surface area contributed by atoms with Crippen molar-refractivity contribution < 1.29 is 23.8 Å². The van der Waals surface area contributed by atoms with Gasteiger partial charge < -0.3 is 24.8 Å². The highest BCUT2D eigenvalue weighted by Crippen LogP contribution is 2.28. The van der Waals surface area contributed by atoms with Crippen molar-refractivity contribution in [1.29, 1.82) is 0 Å². The van der Waals surface area contributed by atoms with Crippen LogP contribution in [0.25, 0.3) is 0 Å². The van der Waals surface area contributed by atoms with E-state index in [9.17, 15) is 9.59 Å². The highest BCUT2D eigenvalue weighted by Gasteiger charge is 2.19. The van der Waals surface area contributed by atoms with Gasteiger partial charge in [-0.25, -0.2) is 0 Å². The third kappa shape index (κ3) is 5.50. The third-order valence-electron chi connectivity index (χ3n) is 3.78. The second-order valence-corrected chi connectivity index (χ2v) is 5.73. The summed E-state index contributed by atoms with van der Waals surface area (Å²) in [5.41, 5.74) is 1.01. The van der Waals surface area contributed by atoms with Crippen molar-refractivity contribution in [2.75, 3.05) is 44.7 Å². The molecule has 1 heterocycles. The molecule has 1 unspecified atom stereocenters. The zero-order valence-corrected chi connectivity index (χ0v) is 14.1. The lowest BCUT2D eigenvalue weighted by atomic mass is 9.98. The molecule has 1 aliphatic heterocycles. The predicted octanol–water partition coefficient (Wildman–Crippen LogP) is 2.04. The van der Waals surface area contributed by atoms with E-state index in [4.69, 9.17) is 14.2 Å². The Bertz CT molecular complexity index is 570. The molecule has 2 N–H and O–H groups in total. The van der Waals surface area contributed by atoms with Gasteiger partial charge in [-0.1, -0.05) is 0 Å². The van der Waals surface area contributed by atoms with Gasteiger partial charge in [-0.2, -0.15) is 0 Å². The Kier molecular flexibility index (Phi) is 7.02. The molecule has 0 bridgehead atoms. The van der Waals surface area contributed by atoms with Crippen LogP contribution in [0, 0.1) is 5.92 Å². The highest BCUT2D eigenvalue weighted by atomic mass is 16.5. The normalized spacial score (nSPS) is 17.2. The molecule has 0 aromatic heterocycles. The summed E-state index contributed by atoms with van der Waals surface area (Å²) >= 11 is 0. The van der Waals surface area contributed by atoms with Gasteiger partial charge in [0.05, 0.1) is 18.5 Å². The van der Waals surface area contributed by atoms with Gasteiger partial charge in [0.1, 0.15) is 12.4 Å². The number of amides is 2. The molecule has 1 aliphatic rings. The number of carbonyl (C=O) groups excluding carboxylic acids is 2. The van der Waals surface area contributed by atoms with E-state index in [0.717, 1.165) is 19.4 Å². The van der Waals surface area contributed by atoms with Crippen molar-refractivity contribution in [2.24, 2.45) is 5.92 Å². The quantitative estimate of drug-likeness (QED) is 0.796. The molecule has 1 atom stereocenters. The molecule has 7 nitrogen and oxygen atoms in total. The van der Waals surface area contributed by atoms with Crippen LogP contribution in [0.2, 0.25) is 0 Å². The van der Waals surface area contributed by atoms with E-state index in [0.29, 0.717) is 30.2 Å². The van der Waals surface area contributed by atoms with E-state index in [2.05, 4.69) is 10.6 Å². The summed E-state index contributed by atoms with van der Waals surface area (Å²) in [7, 11) is 2.99. The molecule has 132 valence electrons. The Balaban J connectivity index is 2.04. The fourth-order valence-electron chi connectivity index (χ4n) is 2.61. The van der Waals surface area contributed by atoms with Crippen molar-refractivity contribution in [2.45, 2.75) is 19.3 Å². The van der Waals surface area contributed by atoms with E-state index < -0.39 is 0 Å². The summed E-state index contributed by atoms with van der Waals surface area (Å²) in [6, 6.07) is 5.08. The first-order chi connectivity index (χ1) is 11.6. The van der Waals surface area contributed by atoms with E-state index in [1.54, 1.807) is 25.3 Å². The maximum atomic E-state index is 12.3. The maximum Gasteiger partial charge on any atom is 0.250 e. The summed E-state index contributed by atoms with van der Waals surface area (Å²) in [6.45, 7) is 1.32. The van der Waals surface area contributed by atoms with Crippen molar-refractivity contribution >= 4 is 23.2 Å². The molecular formula is C17H24N2O5. The number of anilines is 2. The van der Waals surface area contributed by atoms with Crippen LogP contribution in [-0.2, 0) is 19.1 Å². The first kappa shape index (κ1) is 18.2. The van der Waals surface area contributed by atoms with Crippen molar-refractivity contribution in [1.82, 2.24) is 0 Å². The van der Waals surface area contributed by atoms with Gasteiger partial charge in [0.25, 0.3) is 0 Å². The average molecular weight is 336 g/mol. The Morgan fingerprint density at radius 2 is 2.00 bits per heavy atom. The first-order valence-electron chi connectivity index (χ1n) is 7.96. The Morgan fingerprint density at radius 1 is 1.21 bits per heavy atom.